The molecule has 3 rings (SSSR count). The van der Waals surface area contributed by atoms with E-state index in [0.717, 1.165) is 11.4 Å². The van der Waals surface area contributed by atoms with Crippen LogP contribution in [0.1, 0.15) is 11.1 Å². The van der Waals surface area contributed by atoms with Gasteiger partial charge in [-0.3, -0.25) is 0 Å². The molecule has 1 N–H and O–H groups in total. The number of aryl methyl sites for hydroxylation is 2. The molecule has 0 saturated carbocycles. The van der Waals surface area contributed by atoms with E-state index in [2.05, 4.69) is 46.5 Å². The van der Waals surface area contributed by atoms with E-state index in [1.54, 1.807) is 6.20 Å². The predicted octanol–water partition coefficient (Wildman–Crippen LogP) is 4.00. The molecule has 0 aliphatic heterocycles. The van der Waals surface area contributed by atoms with Crippen LogP contribution in [0.4, 0.5) is 23.1 Å². The zero-order valence-corrected chi connectivity index (χ0v) is 13.5. The van der Waals surface area contributed by atoms with Gasteiger partial charge in [-0.05, 0) is 49.2 Å². The van der Waals surface area contributed by atoms with Crippen LogP contribution >= 0.6 is 0 Å². The molecule has 5 nitrogen and oxygen atoms in total. The molecule has 0 fully saturated rings. The van der Waals surface area contributed by atoms with Crippen molar-refractivity contribution in [1.82, 2.24) is 15.2 Å². The lowest BCUT2D eigenvalue weighted by atomic mass is 10.1. The first-order valence-corrected chi connectivity index (χ1v) is 7.46. The van der Waals surface area contributed by atoms with Gasteiger partial charge in [0, 0.05) is 18.4 Å². The molecule has 2 aromatic carbocycles. The van der Waals surface area contributed by atoms with Gasteiger partial charge in [-0.25, -0.2) is 0 Å². The van der Waals surface area contributed by atoms with Crippen molar-refractivity contribution in [2.45, 2.75) is 13.8 Å². The summed E-state index contributed by atoms with van der Waals surface area (Å²) in [6.45, 7) is 4.19. The maximum Gasteiger partial charge on any atom is 0.251 e. The Hall–Kier alpha value is -2.95. The van der Waals surface area contributed by atoms with Crippen molar-refractivity contribution in [2.75, 3.05) is 17.3 Å². The highest BCUT2D eigenvalue weighted by Gasteiger charge is 2.08. The van der Waals surface area contributed by atoms with Gasteiger partial charge in [0.05, 0.1) is 6.20 Å². The number of para-hydroxylation sites is 1. The van der Waals surface area contributed by atoms with Crippen molar-refractivity contribution in [3.05, 3.63) is 65.9 Å². The lowest BCUT2D eigenvalue weighted by Gasteiger charge is -2.17. The zero-order chi connectivity index (χ0) is 16.2. The number of nitrogens with one attached hydrogen (secondary N) is 1. The highest BCUT2D eigenvalue weighted by Crippen LogP contribution is 2.22. The highest BCUT2D eigenvalue weighted by atomic mass is 15.3. The molecule has 3 aromatic rings. The molecule has 5 heteroatoms. The number of benzene rings is 2. The van der Waals surface area contributed by atoms with Crippen LogP contribution in [-0.4, -0.2) is 22.2 Å². The first-order valence-electron chi connectivity index (χ1n) is 7.46. The smallest absolute Gasteiger partial charge is 0.251 e. The molecule has 0 bridgehead atoms. The summed E-state index contributed by atoms with van der Waals surface area (Å²) >= 11 is 0. The fraction of sp³-hybridized carbons (Fsp3) is 0.167. The van der Waals surface area contributed by atoms with Gasteiger partial charge in [0.1, 0.15) is 0 Å². The van der Waals surface area contributed by atoms with Crippen LogP contribution in [-0.2, 0) is 0 Å². The zero-order valence-electron chi connectivity index (χ0n) is 13.5. The van der Waals surface area contributed by atoms with Gasteiger partial charge < -0.3 is 10.2 Å². The van der Waals surface area contributed by atoms with Gasteiger partial charge in [0.25, 0.3) is 5.95 Å². The Morgan fingerprint density at radius 1 is 0.957 bits per heavy atom. The highest BCUT2D eigenvalue weighted by molar-refractivity contribution is 5.60. The average Bonchev–Trinajstić information content (AvgIpc) is 2.58. The number of nitrogens with zero attached hydrogens (tertiary/aromatic N) is 4. The maximum absolute atomic E-state index is 4.54. The SMILES string of the molecule is Cc1ccc(Nc2cnnc(N(C)c3ccccc3)n2)cc1C. The third-order valence-electron chi connectivity index (χ3n) is 3.77. The summed E-state index contributed by atoms with van der Waals surface area (Å²) in [7, 11) is 1.92. The summed E-state index contributed by atoms with van der Waals surface area (Å²) in [5.41, 5.74) is 4.50. The number of hydrogen-bond donors (Lipinski definition) is 1. The molecule has 0 unspecified atom stereocenters. The number of anilines is 4. The Kier molecular flexibility index (Phi) is 4.19. The lowest BCUT2D eigenvalue weighted by Crippen LogP contribution is -2.14. The quantitative estimate of drug-likeness (QED) is 0.789. The van der Waals surface area contributed by atoms with Crippen molar-refractivity contribution in [2.24, 2.45) is 0 Å². The minimum Gasteiger partial charge on any atom is -0.339 e. The Morgan fingerprint density at radius 2 is 1.74 bits per heavy atom. The van der Waals surface area contributed by atoms with E-state index in [9.17, 15) is 0 Å². The molecule has 0 saturated heterocycles. The molecule has 0 aliphatic rings. The predicted molar refractivity (Wildman–Crippen MR) is 93.5 cm³/mol. The van der Waals surface area contributed by atoms with Crippen LogP contribution in [0.5, 0.6) is 0 Å². The monoisotopic (exact) mass is 305 g/mol. The molecule has 0 spiro atoms. The third kappa shape index (κ3) is 3.45. The van der Waals surface area contributed by atoms with Crippen molar-refractivity contribution >= 4 is 23.1 Å². The van der Waals surface area contributed by atoms with Crippen LogP contribution in [0, 0.1) is 13.8 Å². The van der Waals surface area contributed by atoms with Gasteiger partial charge in [-0.15, -0.1) is 5.10 Å². The summed E-state index contributed by atoms with van der Waals surface area (Å²) < 4.78 is 0. The largest absolute Gasteiger partial charge is 0.339 e. The molecular formula is C18H19N5. The molecule has 23 heavy (non-hydrogen) atoms. The number of aromatic nitrogens is 3. The first-order chi connectivity index (χ1) is 11.1. The summed E-state index contributed by atoms with van der Waals surface area (Å²) in [5, 5.41) is 11.4. The third-order valence-corrected chi connectivity index (χ3v) is 3.77. The molecule has 1 aromatic heterocycles. The first kappa shape index (κ1) is 15.0. The van der Waals surface area contributed by atoms with E-state index < -0.39 is 0 Å². The van der Waals surface area contributed by atoms with E-state index in [-0.39, 0.29) is 0 Å². The summed E-state index contributed by atoms with van der Waals surface area (Å²) in [6.07, 6.45) is 1.62. The van der Waals surface area contributed by atoms with Crippen molar-refractivity contribution in [1.29, 1.82) is 0 Å². The van der Waals surface area contributed by atoms with Crippen molar-refractivity contribution in [3.8, 4) is 0 Å². The lowest BCUT2D eigenvalue weighted by molar-refractivity contribution is 0.932. The minimum atomic E-state index is 0.546. The van der Waals surface area contributed by atoms with Crippen molar-refractivity contribution in [3.63, 3.8) is 0 Å². The van der Waals surface area contributed by atoms with E-state index >= 15 is 0 Å². The van der Waals surface area contributed by atoms with Crippen LogP contribution in [0.3, 0.4) is 0 Å². The van der Waals surface area contributed by atoms with Gasteiger partial charge in [-0.1, -0.05) is 24.3 Å². The average molecular weight is 305 g/mol. The van der Waals surface area contributed by atoms with Gasteiger partial charge in [0.15, 0.2) is 5.82 Å². The van der Waals surface area contributed by atoms with Crippen LogP contribution in [0.15, 0.2) is 54.7 Å². The second-order valence-electron chi connectivity index (χ2n) is 5.46. The van der Waals surface area contributed by atoms with Crippen molar-refractivity contribution < 1.29 is 0 Å². The van der Waals surface area contributed by atoms with Crippen LogP contribution < -0.4 is 10.2 Å². The molecule has 1 heterocycles. The van der Waals surface area contributed by atoms with E-state index in [0.29, 0.717) is 11.8 Å². The Labute approximate surface area is 136 Å². The molecular weight excluding hydrogens is 286 g/mol. The summed E-state index contributed by atoms with van der Waals surface area (Å²) in [6, 6.07) is 16.2. The van der Waals surface area contributed by atoms with Gasteiger partial charge >= 0.3 is 0 Å². The maximum atomic E-state index is 4.54. The second kappa shape index (κ2) is 6.44. The Bertz CT molecular complexity index is 802. The molecule has 0 atom stereocenters. The molecule has 0 aliphatic carbocycles. The standard InChI is InChI=1S/C18H19N5/c1-13-9-10-15(11-14(13)2)20-17-12-19-22-18(21-17)23(3)16-7-5-4-6-8-16/h4-12H,1-3H3,(H,20,21,22). The van der Waals surface area contributed by atoms with E-state index in [4.69, 9.17) is 0 Å². The fourth-order valence-electron chi connectivity index (χ4n) is 2.23. The number of rotatable bonds is 4. The topological polar surface area (TPSA) is 53.9 Å². The summed E-state index contributed by atoms with van der Waals surface area (Å²) in [4.78, 5) is 6.44. The summed E-state index contributed by atoms with van der Waals surface area (Å²) in [5.74, 6) is 1.21. The van der Waals surface area contributed by atoms with Gasteiger partial charge in [0.2, 0.25) is 0 Å². The second-order valence-corrected chi connectivity index (χ2v) is 5.46. The van der Waals surface area contributed by atoms with E-state index in [1.165, 1.54) is 11.1 Å². The Balaban J connectivity index is 1.83. The normalized spacial score (nSPS) is 10.4. The van der Waals surface area contributed by atoms with E-state index in [1.807, 2.05) is 48.3 Å². The molecule has 116 valence electrons. The van der Waals surface area contributed by atoms with Crippen LogP contribution in [0.2, 0.25) is 0 Å². The fourth-order valence-corrected chi connectivity index (χ4v) is 2.23. The van der Waals surface area contributed by atoms with Gasteiger partial charge in [-0.2, -0.15) is 10.1 Å². The Morgan fingerprint density at radius 3 is 2.48 bits per heavy atom. The molecule has 0 amide bonds. The van der Waals surface area contributed by atoms with Crippen LogP contribution in [0.25, 0.3) is 0 Å². The molecule has 0 radical (unpaired) electrons. The minimum absolute atomic E-state index is 0.546. The number of hydrogen-bond acceptors (Lipinski definition) is 5.